The van der Waals surface area contributed by atoms with Gasteiger partial charge in [-0.25, -0.2) is 4.39 Å². The lowest BCUT2D eigenvalue weighted by atomic mass is 10.1. The van der Waals surface area contributed by atoms with E-state index in [9.17, 15) is 4.39 Å². The molecule has 0 amide bonds. The Morgan fingerprint density at radius 2 is 2.11 bits per heavy atom. The van der Waals surface area contributed by atoms with Gasteiger partial charge in [-0.2, -0.15) is 0 Å². The van der Waals surface area contributed by atoms with Crippen LogP contribution in [-0.2, 0) is 6.42 Å². The fourth-order valence-electron chi connectivity index (χ4n) is 2.56. The lowest BCUT2D eigenvalue weighted by Gasteiger charge is -2.16. The summed E-state index contributed by atoms with van der Waals surface area (Å²) < 4.78 is 13.0. The number of halogens is 1. The van der Waals surface area contributed by atoms with Crippen LogP contribution in [0.15, 0.2) is 18.2 Å². The van der Waals surface area contributed by atoms with Crippen LogP contribution in [0, 0.1) is 12.7 Å². The lowest BCUT2D eigenvalue weighted by molar-refractivity contribution is 0.619. The average Bonchev–Trinajstić information content (AvgIpc) is 2.84. The Hall–Kier alpha value is -1.16. The van der Waals surface area contributed by atoms with Gasteiger partial charge in [0.25, 0.3) is 0 Å². The Labute approximate surface area is 119 Å². The predicted molar refractivity (Wildman–Crippen MR) is 80.8 cm³/mol. The number of aryl methyl sites for hydroxylation is 1. The van der Waals surface area contributed by atoms with Crippen molar-refractivity contribution in [2.24, 2.45) is 0 Å². The van der Waals surface area contributed by atoms with Gasteiger partial charge in [0.1, 0.15) is 5.82 Å². The molecule has 0 saturated heterocycles. The van der Waals surface area contributed by atoms with Gasteiger partial charge in [0.15, 0.2) is 5.11 Å². The van der Waals surface area contributed by atoms with Gasteiger partial charge in [-0.05, 0) is 61.7 Å². The molecule has 2 nitrogen and oxygen atoms in total. The highest BCUT2D eigenvalue weighted by molar-refractivity contribution is 7.80. The van der Waals surface area contributed by atoms with E-state index in [1.807, 2.05) is 13.0 Å². The maximum atomic E-state index is 13.0. The van der Waals surface area contributed by atoms with E-state index in [1.54, 1.807) is 6.07 Å². The van der Waals surface area contributed by atoms with Crippen LogP contribution in [0.3, 0.4) is 0 Å². The van der Waals surface area contributed by atoms with Crippen molar-refractivity contribution in [1.82, 2.24) is 10.6 Å². The zero-order chi connectivity index (χ0) is 13.7. The Balaban J connectivity index is 1.72. The molecule has 2 rings (SSSR count). The van der Waals surface area contributed by atoms with E-state index in [0.29, 0.717) is 6.04 Å². The average molecular weight is 280 g/mol. The zero-order valence-corrected chi connectivity index (χ0v) is 12.2. The van der Waals surface area contributed by atoms with Gasteiger partial charge >= 0.3 is 0 Å². The molecule has 0 radical (unpaired) electrons. The molecule has 0 atom stereocenters. The molecule has 104 valence electrons. The van der Waals surface area contributed by atoms with Crippen molar-refractivity contribution in [3.05, 3.63) is 35.1 Å². The molecule has 0 aromatic heterocycles. The Morgan fingerprint density at radius 3 is 2.79 bits per heavy atom. The van der Waals surface area contributed by atoms with Crippen LogP contribution in [0.25, 0.3) is 0 Å². The van der Waals surface area contributed by atoms with Crippen LogP contribution in [-0.4, -0.2) is 17.7 Å². The summed E-state index contributed by atoms with van der Waals surface area (Å²) in [5.74, 6) is -0.173. The van der Waals surface area contributed by atoms with E-state index < -0.39 is 0 Å². The first-order chi connectivity index (χ1) is 9.15. The van der Waals surface area contributed by atoms with Crippen LogP contribution in [0.1, 0.15) is 36.8 Å². The minimum atomic E-state index is -0.173. The largest absolute Gasteiger partial charge is 0.362 e. The third kappa shape index (κ3) is 4.46. The number of thiocarbonyl (C=S) groups is 1. The maximum absolute atomic E-state index is 13.0. The highest BCUT2D eigenvalue weighted by Gasteiger charge is 2.15. The van der Waals surface area contributed by atoms with E-state index in [4.69, 9.17) is 12.2 Å². The number of hydrogen-bond acceptors (Lipinski definition) is 1. The summed E-state index contributed by atoms with van der Waals surface area (Å²) >= 11 is 5.28. The van der Waals surface area contributed by atoms with Crippen molar-refractivity contribution in [1.29, 1.82) is 0 Å². The molecule has 19 heavy (non-hydrogen) atoms. The SMILES string of the molecule is Cc1cc(F)ccc1CCNC(=S)NC1CCCC1. The van der Waals surface area contributed by atoms with E-state index in [0.717, 1.165) is 29.2 Å². The summed E-state index contributed by atoms with van der Waals surface area (Å²) in [7, 11) is 0. The molecular weight excluding hydrogens is 259 g/mol. The van der Waals surface area contributed by atoms with Crippen molar-refractivity contribution < 1.29 is 4.39 Å². The molecule has 0 heterocycles. The molecule has 1 aromatic carbocycles. The Kier molecular flexibility index (Phi) is 5.14. The lowest BCUT2D eigenvalue weighted by Crippen LogP contribution is -2.41. The molecule has 0 unspecified atom stereocenters. The number of rotatable bonds is 4. The third-order valence-electron chi connectivity index (χ3n) is 3.67. The molecule has 1 aliphatic rings. The van der Waals surface area contributed by atoms with E-state index in [2.05, 4.69) is 10.6 Å². The summed E-state index contributed by atoms with van der Waals surface area (Å²) in [6.07, 6.45) is 5.90. The first-order valence-electron chi connectivity index (χ1n) is 6.94. The highest BCUT2D eigenvalue weighted by atomic mass is 32.1. The molecule has 0 bridgehead atoms. The van der Waals surface area contributed by atoms with Crippen molar-refractivity contribution >= 4 is 17.3 Å². The van der Waals surface area contributed by atoms with Crippen molar-refractivity contribution in [2.75, 3.05) is 6.54 Å². The number of nitrogens with one attached hydrogen (secondary N) is 2. The zero-order valence-electron chi connectivity index (χ0n) is 11.3. The molecular formula is C15H21FN2S. The topological polar surface area (TPSA) is 24.1 Å². The van der Waals surface area contributed by atoms with Gasteiger partial charge in [0.05, 0.1) is 0 Å². The monoisotopic (exact) mass is 280 g/mol. The van der Waals surface area contributed by atoms with Crippen molar-refractivity contribution in [3.63, 3.8) is 0 Å². The van der Waals surface area contributed by atoms with Gasteiger partial charge in [-0.1, -0.05) is 18.9 Å². The van der Waals surface area contributed by atoms with Crippen LogP contribution >= 0.6 is 12.2 Å². The summed E-state index contributed by atoms with van der Waals surface area (Å²) in [6, 6.07) is 5.48. The van der Waals surface area contributed by atoms with Crippen molar-refractivity contribution in [2.45, 2.75) is 45.1 Å². The van der Waals surface area contributed by atoms with Crippen LogP contribution in [0.2, 0.25) is 0 Å². The van der Waals surface area contributed by atoms with Gasteiger partial charge in [-0.3, -0.25) is 0 Å². The Bertz CT molecular complexity index is 442. The molecule has 4 heteroatoms. The predicted octanol–water partition coefficient (Wildman–Crippen LogP) is 3.08. The first kappa shape index (κ1) is 14.3. The van der Waals surface area contributed by atoms with E-state index in [1.165, 1.54) is 31.7 Å². The van der Waals surface area contributed by atoms with E-state index in [-0.39, 0.29) is 5.82 Å². The molecule has 1 saturated carbocycles. The first-order valence-corrected chi connectivity index (χ1v) is 7.35. The van der Waals surface area contributed by atoms with Crippen LogP contribution < -0.4 is 10.6 Å². The van der Waals surface area contributed by atoms with Gasteiger partial charge in [0.2, 0.25) is 0 Å². The molecule has 0 aliphatic heterocycles. The van der Waals surface area contributed by atoms with Crippen molar-refractivity contribution in [3.8, 4) is 0 Å². The summed E-state index contributed by atoms with van der Waals surface area (Å²) in [6.45, 7) is 2.72. The van der Waals surface area contributed by atoms with Gasteiger partial charge in [-0.15, -0.1) is 0 Å². The minimum Gasteiger partial charge on any atom is -0.362 e. The summed E-state index contributed by atoms with van der Waals surface area (Å²) in [4.78, 5) is 0. The fraction of sp³-hybridized carbons (Fsp3) is 0.533. The maximum Gasteiger partial charge on any atom is 0.166 e. The normalized spacial score (nSPS) is 15.5. The summed E-state index contributed by atoms with van der Waals surface area (Å²) in [5.41, 5.74) is 2.16. The molecule has 1 aliphatic carbocycles. The molecule has 2 N–H and O–H groups in total. The van der Waals surface area contributed by atoms with Crippen LogP contribution in [0.4, 0.5) is 4.39 Å². The number of benzene rings is 1. The highest BCUT2D eigenvalue weighted by Crippen LogP contribution is 2.17. The quantitative estimate of drug-likeness (QED) is 0.829. The second-order valence-electron chi connectivity index (χ2n) is 5.20. The third-order valence-corrected chi connectivity index (χ3v) is 3.94. The second-order valence-corrected chi connectivity index (χ2v) is 5.61. The van der Waals surface area contributed by atoms with Gasteiger partial charge in [0, 0.05) is 12.6 Å². The standard InChI is InChI=1S/C15H21FN2S/c1-11-10-13(16)7-6-12(11)8-9-17-15(19)18-14-4-2-3-5-14/h6-7,10,14H,2-5,8-9H2,1H3,(H2,17,18,19). The molecule has 1 aromatic rings. The summed E-state index contributed by atoms with van der Waals surface area (Å²) in [5, 5.41) is 7.32. The number of hydrogen-bond donors (Lipinski definition) is 2. The van der Waals surface area contributed by atoms with E-state index >= 15 is 0 Å². The van der Waals surface area contributed by atoms with Gasteiger partial charge < -0.3 is 10.6 Å². The Morgan fingerprint density at radius 1 is 1.37 bits per heavy atom. The second kappa shape index (κ2) is 6.85. The fourth-order valence-corrected chi connectivity index (χ4v) is 2.83. The molecule has 0 spiro atoms. The minimum absolute atomic E-state index is 0.173. The van der Waals surface area contributed by atoms with Crippen LogP contribution in [0.5, 0.6) is 0 Å². The molecule has 1 fully saturated rings. The smallest absolute Gasteiger partial charge is 0.166 e.